The maximum atomic E-state index is 11.7. The second kappa shape index (κ2) is 3.17. The molecule has 0 aliphatic heterocycles. The number of carbonyl (C=O) groups excluding carboxylic acids is 2. The molecule has 0 saturated carbocycles. The molecule has 2 atom stereocenters. The van der Waals surface area contributed by atoms with Gasteiger partial charge in [0.25, 0.3) is 0 Å². The minimum absolute atomic E-state index is 0.0619. The molecule has 2 rings (SSSR count). The number of ketones is 2. The smallest absolute Gasteiger partial charge is 0.196 e. The molecule has 2 N–H and O–H groups in total. The highest BCUT2D eigenvalue weighted by Gasteiger charge is 2.38. The van der Waals surface area contributed by atoms with Crippen LogP contribution in [0.2, 0.25) is 0 Å². The quantitative estimate of drug-likeness (QED) is 0.657. The number of phenols is 1. The monoisotopic (exact) mass is 206 g/mol. The van der Waals surface area contributed by atoms with Gasteiger partial charge in [0.15, 0.2) is 11.6 Å². The molecular formula is C11H10O4. The lowest BCUT2D eigenvalue weighted by molar-refractivity contribution is 0.0524. The van der Waals surface area contributed by atoms with Gasteiger partial charge in [-0.1, -0.05) is 19.1 Å². The average molecular weight is 206 g/mol. The van der Waals surface area contributed by atoms with Crippen molar-refractivity contribution in [1.29, 1.82) is 0 Å². The second-order valence-electron chi connectivity index (χ2n) is 3.66. The fourth-order valence-electron chi connectivity index (χ4n) is 1.77. The van der Waals surface area contributed by atoms with Gasteiger partial charge in [-0.3, -0.25) is 9.59 Å². The number of aliphatic hydroxyl groups excluding tert-OH is 1. The van der Waals surface area contributed by atoms with Crippen LogP contribution < -0.4 is 0 Å². The van der Waals surface area contributed by atoms with E-state index in [0.29, 0.717) is 0 Å². The zero-order valence-corrected chi connectivity index (χ0v) is 8.10. The lowest BCUT2D eigenvalue weighted by Gasteiger charge is -2.24. The largest absolute Gasteiger partial charge is 0.507 e. The fraction of sp³-hybridized carbons (Fsp3) is 0.273. The molecule has 0 amide bonds. The van der Waals surface area contributed by atoms with Crippen molar-refractivity contribution in [2.45, 2.75) is 13.0 Å². The number of hydrogen-bond donors (Lipinski definition) is 2. The Hall–Kier alpha value is -1.68. The van der Waals surface area contributed by atoms with E-state index in [-0.39, 0.29) is 22.7 Å². The van der Waals surface area contributed by atoms with E-state index in [4.69, 9.17) is 0 Å². The van der Waals surface area contributed by atoms with E-state index in [1.807, 2.05) is 0 Å². The Balaban J connectivity index is 2.70. The summed E-state index contributed by atoms with van der Waals surface area (Å²) in [6, 6.07) is 4.31. The van der Waals surface area contributed by atoms with Gasteiger partial charge < -0.3 is 10.2 Å². The molecule has 1 aliphatic rings. The topological polar surface area (TPSA) is 74.6 Å². The number of rotatable bonds is 0. The number of aromatic hydroxyl groups is 1. The van der Waals surface area contributed by atoms with Crippen molar-refractivity contribution in [3.05, 3.63) is 29.3 Å². The van der Waals surface area contributed by atoms with E-state index in [2.05, 4.69) is 0 Å². The number of aliphatic hydroxyl groups is 1. The van der Waals surface area contributed by atoms with Crippen molar-refractivity contribution < 1.29 is 19.8 Å². The average Bonchev–Trinajstić information content (AvgIpc) is 2.23. The van der Waals surface area contributed by atoms with Gasteiger partial charge in [-0.05, 0) is 6.07 Å². The Morgan fingerprint density at radius 1 is 1.20 bits per heavy atom. The molecule has 0 saturated heterocycles. The minimum atomic E-state index is -1.35. The first-order valence-electron chi connectivity index (χ1n) is 4.62. The summed E-state index contributed by atoms with van der Waals surface area (Å²) in [6.07, 6.45) is -1.35. The van der Waals surface area contributed by atoms with Crippen molar-refractivity contribution >= 4 is 11.6 Å². The number of benzene rings is 1. The first-order chi connectivity index (χ1) is 7.04. The zero-order chi connectivity index (χ0) is 11.2. The molecule has 0 fully saturated rings. The Morgan fingerprint density at radius 2 is 1.87 bits per heavy atom. The number of carbonyl (C=O) groups is 2. The number of hydrogen-bond acceptors (Lipinski definition) is 4. The molecule has 0 bridgehead atoms. The van der Waals surface area contributed by atoms with E-state index in [1.165, 1.54) is 25.1 Å². The van der Waals surface area contributed by atoms with Gasteiger partial charge in [-0.25, -0.2) is 0 Å². The summed E-state index contributed by atoms with van der Waals surface area (Å²) in [4.78, 5) is 23.3. The van der Waals surface area contributed by atoms with Gasteiger partial charge in [0.1, 0.15) is 11.9 Å². The van der Waals surface area contributed by atoms with Gasteiger partial charge >= 0.3 is 0 Å². The molecule has 1 aliphatic carbocycles. The number of phenolic OH excluding ortho intramolecular Hbond substituents is 1. The van der Waals surface area contributed by atoms with Crippen LogP contribution in [0.15, 0.2) is 18.2 Å². The molecular weight excluding hydrogens is 196 g/mol. The van der Waals surface area contributed by atoms with Gasteiger partial charge in [0, 0.05) is 5.56 Å². The standard InChI is InChI=1S/C11H10O4/c1-5-9(13)6-3-2-4-7(12)8(6)11(15)10(5)14/h2-5,10,12,14H,1H3. The van der Waals surface area contributed by atoms with Gasteiger partial charge in [-0.15, -0.1) is 0 Å². The van der Waals surface area contributed by atoms with E-state index < -0.39 is 17.8 Å². The lowest BCUT2D eigenvalue weighted by Crippen LogP contribution is -2.39. The zero-order valence-electron chi connectivity index (χ0n) is 8.10. The maximum Gasteiger partial charge on any atom is 0.196 e. The summed E-state index contributed by atoms with van der Waals surface area (Å²) in [5, 5.41) is 19.0. The highest BCUT2D eigenvalue weighted by Crippen LogP contribution is 2.31. The van der Waals surface area contributed by atoms with Crippen LogP contribution >= 0.6 is 0 Å². The molecule has 4 nitrogen and oxygen atoms in total. The predicted molar refractivity (Wildman–Crippen MR) is 51.9 cm³/mol. The predicted octanol–water partition coefficient (Wildman–Crippen LogP) is 0.768. The van der Waals surface area contributed by atoms with E-state index in [1.54, 1.807) is 0 Å². The molecule has 78 valence electrons. The number of Topliss-reactive ketones (excluding diaryl/α,β-unsaturated/α-hetero) is 2. The van der Waals surface area contributed by atoms with Crippen LogP contribution in [0.25, 0.3) is 0 Å². The Morgan fingerprint density at radius 3 is 2.53 bits per heavy atom. The Kier molecular flexibility index (Phi) is 2.08. The summed E-state index contributed by atoms with van der Waals surface area (Å²) in [5.74, 6) is -1.90. The van der Waals surface area contributed by atoms with Crippen LogP contribution in [0.4, 0.5) is 0 Å². The maximum absolute atomic E-state index is 11.7. The third-order valence-corrected chi connectivity index (χ3v) is 2.71. The Bertz CT molecular complexity index is 450. The lowest BCUT2D eigenvalue weighted by atomic mass is 9.80. The summed E-state index contributed by atoms with van der Waals surface area (Å²) in [5.41, 5.74) is 0.130. The first kappa shape index (κ1) is 9.86. The van der Waals surface area contributed by atoms with Crippen LogP contribution in [0.3, 0.4) is 0 Å². The van der Waals surface area contributed by atoms with Crippen LogP contribution in [-0.4, -0.2) is 27.9 Å². The molecule has 0 aromatic heterocycles. The van der Waals surface area contributed by atoms with Crippen molar-refractivity contribution in [2.24, 2.45) is 5.92 Å². The minimum Gasteiger partial charge on any atom is -0.507 e. The van der Waals surface area contributed by atoms with Gasteiger partial charge in [0.05, 0.1) is 11.5 Å². The van der Waals surface area contributed by atoms with E-state index in [9.17, 15) is 19.8 Å². The fourth-order valence-corrected chi connectivity index (χ4v) is 1.77. The van der Waals surface area contributed by atoms with Crippen molar-refractivity contribution in [1.82, 2.24) is 0 Å². The van der Waals surface area contributed by atoms with E-state index >= 15 is 0 Å². The van der Waals surface area contributed by atoms with Crippen LogP contribution in [0, 0.1) is 5.92 Å². The van der Waals surface area contributed by atoms with Crippen LogP contribution in [0.5, 0.6) is 5.75 Å². The molecule has 2 unspecified atom stereocenters. The third kappa shape index (κ3) is 1.26. The summed E-state index contributed by atoms with van der Waals surface area (Å²) < 4.78 is 0. The van der Waals surface area contributed by atoms with Crippen molar-refractivity contribution in [2.75, 3.05) is 0 Å². The second-order valence-corrected chi connectivity index (χ2v) is 3.66. The molecule has 15 heavy (non-hydrogen) atoms. The van der Waals surface area contributed by atoms with Crippen molar-refractivity contribution in [3.63, 3.8) is 0 Å². The third-order valence-electron chi connectivity index (χ3n) is 2.71. The van der Waals surface area contributed by atoms with Crippen LogP contribution in [-0.2, 0) is 0 Å². The van der Waals surface area contributed by atoms with Crippen LogP contribution in [0.1, 0.15) is 27.6 Å². The van der Waals surface area contributed by atoms with Gasteiger partial charge in [0.2, 0.25) is 0 Å². The highest BCUT2D eigenvalue weighted by atomic mass is 16.3. The SMILES string of the molecule is CC1C(=O)c2cccc(O)c2C(=O)C1O. The molecule has 0 heterocycles. The highest BCUT2D eigenvalue weighted by molar-refractivity contribution is 6.18. The molecule has 1 aromatic carbocycles. The summed E-state index contributed by atoms with van der Waals surface area (Å²) in [6.45, 7) is 1.50. The Labute approximate surface area is 86.2 Å². The summed E-state index contributed by atoms with van der Waals surface area (Å²) in [7, 11) is 0. The summed E-state index contributed by atoms with van der Waals surface area (Å²) >= 11 is 0. The molecule has 0 spiro atoms. The van der Waals surface area contributed by atoms with E-state index in [0.717, 1.165) is 0 Å². The molecule has 1 aromatic rings. The molecule has 0 radical (unpaired) electrons. The number of fused-ring (bicyclic) bond motifs is 1. The first-order valence-corrected chi connectivity index (χ1v) is 4.62. The normalized spacial score (nSPS) is 25.2. The molecule has 4 heteroatoms. The van der Waals surface area contributed by atoms with Gasteiger partial charge in [-0.2, -0.15) is 0 Å². The van der Waals surface area contributed by atoms with Crippen molar-refractivity contribution in [3.8, 4) is 5.75 Å².